The molecule has 15 heteroatoms. The molecule has 0 aromatic carbocycles. The Morgan fingerprint density at radius 2 is 0.324 bits per heavy atom. The molecular weight excluding hydrogens is 1610 g/mol. The quantitative estimate of drug-likeness (QED) is 0.0145. The number of carbonyl (C=O) groups is 4. The smallest absolute Gasteiger partial charge is 0.789 e. The van der Waals surface area contributed by atoms with E-state index in [0.29, 0.717) is 75.1 Å². The zero-order valence-corrected chi connectivity index (χ0v) is 77.9. The van der Waals surface area contributed by atoms with Crippen LogP contribution in [0.15, 0.2) is 48.6 Å². The minimum Gasteiger partial charge on any atom is -0.789 e. The van der Waals surface area contributed by atoms with Gasteiger partial charge in [-0.3, -0.25) is 19.2 Å². The summed E-state index contributed by atoms with van der Waals surface area (Å²) in [5, 5.41) is 0. The minimum atomic E-state index is -0.0844. The summed E-state index contributed by atoms with van der Waals surface area (Å²) in [4.78, 5) is 45.2. The molecule has 0 saturated heterocycles. The number of esters is 4. The van der Waals surface area contributed by atoms with E-state index in [1.807, 2.05) is 0 Å². The molecule has 0 heterocycles. The first-order valence-electron chi connectivity index (χ1n) is 42.8. The number of hydrogen-bond donors (Lipinski definition) is 0. The fourth-order valence-electron chi connectivity index (χ4n) is 11.7. The molecule has 620 valence electrons. The van der Waals surface area contributed by atoms with Gasteiger partial charge < -0.3 is 69.5 Å². The van der Waals surface area contributed by atoms with E-state index in [9.17, 15) is 19.2 Å². The molecule has 105 heavy (non-hydrogen) atoms. The van der Waals surface area contributed by atoms with Crippen LogP contribution in [0, 0.1) is 0 Å². The number of allylic oxidation sites excluding steroid dienone is 8. The van der Waals surface area contributed by atoms with Gasteiger partial charge in [-0.05, 0) is 128 Å². The van der Waals surface area contributed by atoms with Crippen molar-refractivity contribution in [1.29, 1.82) is 0 Å². The Balaban J connectivity index is -0.000000165. The number of rotatable bonds is 76. The Morgan fingerprint density at radius 3 is 0.448 bits per heavy atom. The zero-order valence-electron chi connectivity index (χ0n) is 67.9. The summed E-state index contributed by atoms with van der Waals surface area (Å²) in [5.41, 5.74) is 0. The van der Waals surface area contributed by atoms with E-state index in [1.165, 1.54) is 334 Å². The average molecular weight is 1780 g/mol. The molecule has 0 amide bonds. The monoisotopic (exact) mass is 1780 g/mol. The van der Waals surface area contributed by atoms with Crippen molar-refractivity contribution in [3.63, 3.8) is 0 Å². The molecule has 0 N–H and O–H groups in total. The van der Waals surface area contributed by atoms with Crippen molar-refractivity contribution in [3.8, 4) is 0 Å². The molecule has 0 saturated carbocycles. The number of hydrogen-bond acceptors (Lipinski definition) is 12. The van der Waals surface area contributed by atoms with Gasteiger partial charge in [0.15, 0.2) is 0 Å². The van der Waals surface area contributed by atoms with Crippen LogP contribution < -0.4 is 0 Å². The predicted octanol–water partition coefficient (Wildman–Crippen LogP) is 28.2. The standard InChI is InChI=1S/4C22H42O2S.2CH4.H2S.2Sn/c4*1-2-3-4-5-6-7-8-9-10-11-12-13-14-15-16-17-18-19-22(23)24-20-21-25;;;;;/h4*8-9,25H,2-7,10-21H2,1H3;2*1H4;1H2;;/q;;;;;;;2*+2/p-4/b4*9-8+;;;;;. The second kappa shape index (κ2) is 120. The van der Waals surface area contributed by atoms with Gasteiger partial charge in [-0.15, -0.1) is 23.0 Å². The second-order valence-electron chi connectivity index (χ2n) is 27.9. The topological polar surface area (TPSA) is 105 Å². The summed E-state index contributed by atoms with van der Waals surface area (Å²) in [6.45, 7) is 10.6. The maximum Gasteiger partial charge on any atom is 2.00 e. The molecule has 0 aliphatic rings. The van der Waals surface area contributed by atoms with E-state index in [4.69, 9.17) is 69.5 Å². The Morgan fingerprint density at radius 1 is 0.210 bits per heavy atom. The van der Waals surface area contributed by atoms with E-state index in [2.05, 4.69) is 76.3 Å². The van der Waals surface area contributed by atoms with Gasteiger partial charge in [0.1, 0.15) is 0 Å². The second-order valence-corrected chi connectivity index (χ2v) is 29.5. The van der Waals surface area contributed by atoms with Gasteiger partial charge in [0.2, 0.25) is 0 Å². The van der Waals surface area contributed by atoms with Crippen LogP contribution in [0.2, 0.25) is 0 Å². The molecule has 8 nitrogen and oxygen atoms in total. The number of carbonyl (C=O) groups excluding carboxylic acids is 4. The molecule has 0 spiro atoms. The van der Waals surface area contributed by atoms with Crippen LogP contribution in [0.3, 0.4) is 0 Å². The van der Waals surface area contributed by atoms with Gasteiger partial charge in [0.25, 0.3) is 0 Å². The maximum atomic E-state index is 11.3. The third-order valence-electron chi connectivity index (χ3n) is 18.0. The van der Waals surface area contributed by atoms with Crippen molar-refractivity contribution < 1.29 is 38.1 Å². The van der Waals surface area contributed by atoms with Gasteiger partial charge in [-0.25, -0.2) is 0 Å². The van der Waals surface area contributed by atoms with Crippen LogP contribution >= 0.6 is 13.5 Å². The van der Waals surface area contributed by atoms with E-state index < -0.39 is 0 Å². The van der Waals surface area contributed by atoms with Gasteiger partial charge in [0, 0.05) is 25.7 Å². The molecule has 0 aliphatic heterocycles. The summed E-state index contributed by atoms with van der Waals surface area (Å²) in [6, 6.07) is 0. The number of ether oxygens (including phenoxy) is 4. The maximum absolute atomic E-state index is 11.3. The largest absolute Gasteiger partial charge is 2.00 e. The number of unbranched alkanes of at least 4 members (excludes halogenated alkanes) is 52. The van der Waals surface area contributed by atoms with Gasteiger partial charge in [-0.1, -0.05) is 348 Å². The fourth-order valence-corrected chi connectivity index (χ4v) is 12.0. The summed E-state index contributed by atoms with van der Waals surface area (Å²) >= 11 is 19.0. The fraction of sp³-hybridized carbons (Fsp3) is 0.867. The third kappa shape index (κ3) is 128. The molecule has 0 aromatic heterocycles. The first kappa shape index (κ1) is 123. The van der Waals surface area contributed by atoms with Crippen LogP contribution in [0.5, 0.6) is 0 Å². The SMILES string of the molecule is C.C.CCCCCCC/C=C/CCCCCCCCCCC(=O)OCC[S-].CCCCCCC/C=C/CCCCCCCCCCC(=O)OCC[S-].CCCCCCC/C=C/CCCCCCCCCCC(=O)OCC[S-].CCCCCCC/C=C/CCCCCCCCCCC(=O)OCC[S-].S.[Sn+2].[Sn+2]. The zero-order chi connectivity index (χ0) is 73.7. The normalized spacial score (nSPS) is 10.7. The van der Waals surface area contributed by atoms with Crippen LogP contribution in [0.1, 0.15) is 453 Å². The van der Waals surface area contributed by atoms with Crippen molar-refractivity contribution in [3.05, 3.63) is 48.6 Å². The van der Waals surface area contributed by atoms with E-state index in [0.717, 1.165) is 51.4 Å². The van der Waals surface area contributed by atoms with E-state index >= 15 is 0 Å². The summed E-state index contributed by atoms with van der Waals surface area (Å²) < 4.78 is 19.9. The first-order chi connectivity index (χ1) is 49.2. The van der Waals surface area contributed by atoms with Crippen molar-refractivity contribution in [2.24, 2.45) is 0 Å². The molecule has 0 fully saturated rings. The van der Waals surface area contributed by atoms with Crippen molar-refractivity contribution >= 4 is 136 Å². The molecule has 0 aliphatic carbocycles. The Bertz CT molecular complexity index is 1470. The summed E-state index contributed by atoms with van der Waals surface area (Å²) in [5.74, 6) is 1.66. The van der Waals surface area contributed by atoms with Gasteiger partial charge in [0.05, 0.1) is 26.4 Å². The van der Waals surface area contributed by atoms with Crippen LogP contribution in [-0.4, -0.2) is 121 Å². The molecular formula is C90H174O8S5Sn2. The molecule has 0 unspecified atom stereocenters. The van der Waals surface area contributed by atoms with E-state index in [-0.39, 0.29) is 100 Å². The Hall–Kier alpha value is 0.187. The average Bonchev–Trinajstić information content (AvgIpc) is 3.63. The Labute approximate surface area is 719 Å². The predicted molar refractivity (Wildman–Crippen MR) is 483 cm³/mol. The Kier molecular flexibility index (Phi) is 141. The molecule has 0 aromatic rings. The molecule has 0 bridgehead atoms. The molecule has 0 atom stereocenters. The van der Waals surface area contributed by atoms with Crippen LogP contribution in [0.25, 0.3) is 0 Å². The van der Waals surface area contributed by atoms with E-state index in [1.54, 1.807) is 0 Å². The van der Waals surface area contributed by atoms with Crippen molar-refractivity contribution in [1.82, 2.24) is 0 Å². The summed E-state index contributed by atoms with van der Waals surface area (Å²) in [7, 11) is 0. The van der Waals surface area contributed by atoms with Crippen molar-refractivity contribution in [2.75, 3.05) is 49.4 Å². The first-order valence-corrected chi connectivity index (χ1v) is 45.1. The third-order valence-corrected chi connectivity index (χ3v) is 18.6. The van der Waals surface area contributed by atoms with Gasteiger partial charge in [-0.2, -0.15) is 13.5 Å². The van der Waals surface area contributed by atoms with Crippen LogP contribution in [0.4, 0.5) is 0 Å². The minimum absolute atomic E-state index is 0. The van der Waals surface area contributed by atoms with Crippen molar-refractivity contribution in [2.45, 2.75) is 453 Å². The molecule has 4 radical (unpaired) electrons. The molecule has 0 rings (SSSR count). The summed E-state index contributed by atoms with van der Waals surface area (Å²) in [6.07, 6.45) is 99.0. The van der Waals surface area contributed by atoms with Crippen LogP contribution in [-0.2, 0) is 88.6 Å². The van der Waals surface area contributed by atoms with Gasteiger partial charge >= 0.3 is 71.7 Å².